The number of aromatic amines is 4. The Balaban J connectivity index is 0.000000109. The van der Waals surface area contributed by atoms with Crippen LogP contribution in [0.1, 0.15) is 5.56 Å². The maximum Gasteiger partial charge on any atom is 0.287 e. The van der Waals surface area contributed by atoms with Gasteiger partial charge in [0.2, 0.25) is 29.7 Å². The second-order valence-electron chi connectivity index (χ2n) is 28.5. The third-order valence-electron chi connectivity index (χ3n) is 19.9. The van der Waals surface area contributed by atoms with E-state index in [1.165, 1.54) is 41.4 Å². The highest BCUT2D eigenvalue weighted by atomic mass is 35.5. The van der Waals surface area contributed by atoms with Crippen LogP contribution in [0.25, 0.3) is 96.0 Å². The summed E-state index contributed by atoms with van der Waals surface area (Å²) < 4.78 is 15.3. The molecule has 6 aromatic carbocycles. The topological polar surface area (TPSA) is 456 Å². The van der Waals surface area contributed by atoms with Gasteiger partial charge < -0.3 is 51.6 Å². The normalized spacial score (nSPS) is 11.9. The van der Waals surface area contributed by atoms with Crippen LogP contribution >= 0.6 is 68.7 Å². The minimum atomic E-state index is -0.496. The molecule has 12 N–H and O–H groups in total. The fourth-order valence-electron chi connectivity index (χ4n) is 13.8. The molecule has 0 radical (unpaired) electrons. The Labute approximate surface area is 760 Å². The van der Waals surface area contributed by atoms with Crippen LogP contribution in [0.3, 0.4) is 0 Å². The fraction of sp³-hybridized carbons (Fsp3) is 0.0682. The first-order chi connectivity index (χ1) is 63.9. The number of rotatable bonds is 23. The van der Waals surface area contributed by atoms with Crippen molar-refractivity contribution in [3.05, 3.63) is 274 Å². The average molecular weight is 1830 g/mol. The number of aromatic nitrogens is 22. The number of thiophene rings is 4. The molecule has 0 aliphatic carbocycles. The monoisotopic (exact) mass is 1830 g/mol. The van der Waals surface area contributed by atoms with Crippen molar-refractivity contribution in [2.75, 3.05) is 80.0 Å². The molecule has 1 saturated heterocycles. The van der Waals surface area contributed by atoms with Crippen molar-refractivity contribution in [3.8, 4) is 17.3 Å². The van der Waals surface area contributed by atoms with E-state index in [0.717, 1.165) is 143 Å². The van der Waals surface area contributed by atoms with Crippen LogP contribution in [0, 0.1) is 10.1 Å². The number of morpholine rings is 1. The quantitative estimate of drug-likeness (QED) is 0.0161. The van der Waals surface area contributed by atoms with Gasteiger partial charge in [-0.05, 0) is 179 Å². The second kappa shape index (κ2) is 37.6. The lowest BCUT2D eigenvalue weighted by atomic mass is 10.2. The van der Waals surface area contributed by atoms with Crippen molar-refractivity contribution in [2.45, 2.75) is 11.8 Å². The van der Waals surface area contributed by atoms with Crippen molar-refractivity contribution >= 4 is 258 Å². The molecule has 23 rings (SSSR count). The van der Waals surface area contributed by atoms with Crippen LogP contribution < -0.4 is 52.2 Å². The summed E-state index contributed by atoms with van der Waals surface area (Å²) in [6, 6.07) is 59.8. The first kappa shape index (κ1) is 82.1. The minimum Gasteiger partial charge on any atom is -0.485 e. The Kier molecular flexibility index (Phi) is 23.7. The molecule has 0 bridgehead atoms. The van der Waals surface area contributed by atoms with Crippen molar-refractivity contribution < 1.29 is 14.4 Å². The highest BCUT2D eigenvalue weighted by molar-refractivity contribution is 7.98. The third kappa shape index (κ3) is 19.0. The molecule has 0 amide bonds. The Morgan fingerprint density at radius 2 is 0.900 bits per heavy atom. The van der Waals surface area contributed by atoms with E-state index in [2.05, 4.69) is 143 Å². The molecular weight excluding hydrogens is 1760 g/mol. The van der Waals surface area contributed by atoms with Crippen LogP contribution in [0.15, 0.2) is 258 Å². The van der Waals surface area contributed by atoms with Crippen LogP contribution in [0.5, 0.6) is 5.75 Å². The molecule has 0 saturated carbocycles. The van der Waals surface area contributed by atoms with Gasteiger partial charge in [-0.25, -0.2) is 34.9 Å². The zero-order valence-corrected chi connectivity index (χ0v) is 72.6. The number of H-pyrrole nitrogens is 4. The molecule has 16 aromatic heterocycles. The van der Waals surface area contributed by atoms with Gasteiger partial charge in [0.1, 0.15) is 24.3 Å². The number of halogens is 1. The minimum absolute atomic E-state index is 0.0817. The summed E-state index contributed by atoms with van der Waals surface area (Å²) in [7, 11) is 0. The molecule has 640 valence electrons. The molecule has 22 aromatic rings. The zero-order chi connectivity index (χ0) is 87.6. The summed E-state index contributed by atoms with van der Waals surface area (Å²) in [6.07, 6.45) is 13.7. The van der Waals surface area contributed by atoms with Crippen LogP contribution in [0.2, 0.25) is 5.02 Å². The van der Waals surface area contributed by atoms with E-state index < -0.39 is 4.92 Å². The van der Waals surface area contributed by atoms with Gasteiger partial charge in [0, 0.05) is 81.5 Å². The number of pyridine rings is 3. The Morgan fingerprint density at radius 3 is 1.37 bits per heavy atom. The summed E-state index contributed by atoms with van der Waals surface area (Å²) >= 11 is 14.3. The maximum absolute atomic E-state index is 10.8. The summed E-state index contributed by atoms with van der Waals surface area (Å²) in [5.74, 6) is 6.87. The molecule has 1 aliphatic heterocycles. The van der Waals surface area contributed by atoms with E-state index in [1.807, 2.05) is 204 Å². The van der Waals surface area contributed by atoms with Crippen molar-refractivity contribution in [3.63, 3.8) is 0 Å². The largest absolute Gasteiger partial charge is 0.485 e. The lowest BCUT2D eigenvalue weighted by molar-refractivity contribution is -0.385. The van der Waals surface area contributed by atoms with E-state index >= 15 is 0 Å². The first-order valence-electron chi connectivity index (χ1n) is 39.9. The van der Waals surface area contributed by atoms with E-state index in [9.17, 15) is 10.1 Å². The number of nitrogens with zero attached hydrogens (tertiary/aromatic N) is 20. The van der Waals surface area contributed by atoms with Crippen molar-refractivity contribution in [1.29, 1.82) is 0 Å². The van der Waals surface area contributed by atoms with Gasteiger partial charge >= 0.3 is 0 Å². The average Bonchev–Trinajstić information content (AvgIpc) is 1.49. The van der Waals surface area contributed by atoms with Gasteiger partial charge in [0.15, 0.2) is 45.8 Å². The second-order valence-corrected chi connectivity index (χ2v) is 33.4. The highest BCUT2D eigenvalue weighted by Gasteiger charge is 2.21. The lowest BCUT2D eigenvalue weighted by Crippen LogP contribution is -2.36. The molecule has 1 aliphatic rings. The van der Waals surface area contributed by atoms with Gasteiger partial charge in [0.25, 0.3) is 5.69 Å². The Bertz CT molecular complexity index is 7810. The van der Waals surface area contributed by atoms with Gasteiger partial charge in [-0.15, -0.1) is 45.3 Å². The predicted octanol–water partition coefficient (Wildman–Crippen LogP) is 21.0. The SMILES string of the molecule is CSc1nc(Nc2nc(Nc3ccc4[nH]ncc4c3)c3sccc3n2)nc(-c2ccccn2)n1.Clc1cc(Nc2nc(Nc3ccc4[nH]ncc4c3)c3sccc3n2)ccc1N1CCOCC1.O=[N+]([O-])c1ccc(Nc2nc(Nc3ccc4[nH]ncc4c3)c3sccc3n2)nc1.c1ccc(COc2cccnc2Nc2nc(Nc3ccc4[nH]ncc4c3)c3sccc3n2)cc1. The first-order valence-corrected chi connectivity index (χ1v) is 45.0. The number of anilines is 17. The van der Waals surface area contributed by atoms with Crippen molar-refractivity contribution in [1.82, 2.24) is 111 Å². The smallest absolute Gasteiger partial charge is 0.287 e. The Morgan fingerprint density at radius 1 is 0.438 bits per heavy atom. The number of fused-ring (bicyclic) bond motifs is 8. The molecule has 1 fully saturated rings. The third-order valence-corrected chi connectivity index (χ3v) is 24.4. The lowest BCUT2D eigenvalue weighted by Gasteiger charge is -2.29. The highest BCUT2D eigenvalue weighted by Crippen LogP contribution is 2.39. The van der Waals surface area contributed by atoms with Crippen LogP contribution in [-0.4, -0.2) is 148 Å². The number of nitro groups is 1. The Hall–Kier alpha value is -16.2. The number of ether oxygens (including phenoxy) is 2. The van der Waals surface area contributed by atoms with Gasteiger partial charge in [-0.1, -0.05) is 59.8 Å². The zero-order valence-electron chi connectivity index (χ0n) is 67.8. The van der Waals surface area contributed by atoms with Gasteiger partial charge in [0.05, 0.1) is 117 Å². The predicted molar refractivity (Wildman–Crippen MR) is 516 cm³/mol. The van der Waals surface area contributed by atoms with Crippen LogP contribution in [0.4, 0.5) is 104 Å². The van der Waals surface area contributed by atoms with E-state index in [-0.39, 0.29) is 5.69 Å². The molecule has 42 heteroatoms. The van der Waals surface area contributed by atoms with Crippen molar-refractivity contribution in [2.24, 2.45) is 0 Å². The summed E-state index contributed by atoms with van der Waals surface area (Å²) in [5, 5.41) is 78.4. The summed E-state index contributed by atoms with van der Waals surface area (Å²) in [6.45, 7) is 3.55. The molecule has 130 heavy (non-hydrogen) atoms. The molecule has 17 heterocycles. The summed E-state index contributed by atoms with van der Waals surface area (Å²) in [4.78, 5) is 76.1. The molecule has 36 nitrogen and oxygen atoms in total. The number of benzene rings is 6. The van der Waals surface area contributed by atoms with Gasteiger partial charge in [-0.3, -0.25) is 40.8 Å². The molecule has 0 atom stereocenters. The number of nitrogens with one attached hydrogen (secondary N) is 12. The standard InChI is InChI=1S/C25H19N7OS.C23H20ClN7OS.C22H16N10S2.C18H12N8O2S/c1-2-5-16(6-3-1)15-33-21-7-4-11-26-23(21)30-25-29-20-10-12-34-22(20)24(31-25)28-18-8-9-19-17(13-18)14-27-32-19;24-17-12-16(2-4-20(17)31-6-8-32-9-7-31)27-23-28-19-5-10-33-21(19)22(29-23)26-15-1-3-18-14(11-15)13-25-30-18;1-33-22-29-18(16-4-2-3-8-23-16)27-21(31-22)30-20-26-15-7-9-34-17(15)19(28-20)25-13-5-6-14-12(10-13)11-24-32-14;27-26(28)12-2-4-15(19-9-12)23-18-22-14-5-6-29-16(14)17(24-18)21-11-1-3-13-10(7-11)8-20-25-13/h1-14H,15H2,(H,27,32)(H2,26,28,29,30,31);1-5,10-13H,6-9H2,(H,25,30)(H2,26,27,28,29);2-11H,1H3,(H,24,32)(H2,25,26,27,28,29,30,31);1-9H,(H,20,25)(H2,19,21,22,23,24). The van der Waals surface area contributed by atoms with E-state index in [0.29, 0.717) is 106 Å². The van der Waals surface area contributed by atoms with Crippen LogP contribution in [-0.2, 0) is 11.3 Å². The molecule has 0 spiro atoms. The fourth-order valence-corrected chi connectivity index (χ4v) is 17.5. The maximum atomic E-state index is 10.8. The number of hydrogen-bond donors (Lipinski definition) is 12. The molecular formula is C88H67ClN32O4S5. The van der Waals surface area contributed by atoms with E-state index in [1.54, 1.807) is 71.2 Å². The number of thioether (sulfide) groups is 1. The summed E-state index contributed by atoms with van der Waals surface area (Å²) in [5.41, 5.74) is 14.3. The molecule has 0 unspecified atom stereocenters. The van der Waals surface area contributed by atoms with Gasteiger partial charge in [-0.2, -0.15) is 50.3 Å². The number of hydrogen-bond acceptors (Lipinski definition) is 36. The van der Waals surface area contributed by atoms with E-state index in [4.69, 9.17) is 36.0 Å².